The van der Waals surface area contributed by atoms with Gasteiger partial charge in [0.05, 0.1) is 19.6 Å². The summed E-state index contributed by atoms with van der Waals surface area (Å²) in [6.45, 7) is 8.59. The van der Waals surface area contributed by atoms with Gasteiger partial charge in [-0.25, -0.2) is 0 Å². The minimum Gasteiger partial charge on any atom is -0.481 e. The van der Waals surface area contributed by atoms with Gasteiger partial charge in [0, 0.05) is 51.9 Å². The molecule has 2 heterocycles. The van der Waals surface area contributed by atoms with Crippen LogP contribution < -0.4 is 0 Å². The Balaban J connectivity index is 1.74. The molecule has 2 aliphatic rings. The van der Waals surface area contributed by atoms with Crippen LogP contribution >= 0.6 is 0 Å². The molecule has 0 radical (unpaired) electrons. The average Bonchev–Trinajstić information content (AvgIpc) is 2.39. The van der Waals surface area contributed by atoms with Gasteiger partial charge in [-0.1, -0.05) is 0 Å². The quantitative estimate of drug-likeness (QED) is 0.721. The molecule has 0 aliphatic carbocycles. The number of carboxylic acid groups (broad SMARTS) is 1. The summed E-state index contributed by atoms with van der Waals surface area (Å²) < 4.78 is 5.39. The Morgan fingerprint density at radius 1 is 1.21 bits per heavy atom. The van der Waals surface area contributed by atoms with E-state index in [1.165, 1.54) is 0 Å². The number of likely N-dealkylation sites (N-methyl/N-ethyl adjacent to an activating group) is 1. The number of piperazine rings is 1. The maximum atomic E-state index is 10.9. The lowest BCUT2D eigenvalue weighted by Gasteiger charge is -2.38. The molecule has 2 aliphatic heterocycles. The molecule has 1 atom stereocenters. The van der Waals surface area contributed by atoms with E-state index < -0.39 is 5.97 Å². The molecule has 0 aromatic rings. The van der Waals surface area contributed by atoms with Crippen LogP contribution in [0.15, 0.2) is 0 Å². The van der Waals surface area contributed by atoms with E-state index in [2.05, 4.69) is 21.7 Å². The van der Waals surface area contributed by atoms with E-state index >= 15 is 0 Å². The van der Waals surface area contributed by atoms with Crippen molar-refractivity contribution in [3.63, 3.8) is 0 Å². The standard InChI is InChI=1S/C13H25N3O3/c1-14-2-4-15(5-3-14)6-7-16-8-9-19-11-12(16)10-13(17)18/h12H,2-11H2,1H3,(H,17,18). The summed E-state index contributed by atoms with van der Waals surface area (Å²) in [6, 6.07) is 0.0405. The molecule has 0 saturated carbocycles. The number of carboxylic acids is 1. The van der Waals surface area contributed by atoms with Gasteiger partial charge < -0.3 is 14.7 Å². The van der Waals surface area contributed by atoms with E-state index in [-0.39, 0.29) is 12.5 Å². The van der Waals surface area contributed by atoms with Crippen molar-refractivity contribution in [1.29, 1.82) is 0 Å². The molecule has 2 fully saturated rings. The summed E-state index contributed by atoms with van der Waals surface area (Å²) in [4.78, 5) is 17.9. The second-order valence-electron chi connectivity index (χ2n) is 5.51. The Labute approximate surface area is 114 Å². The molecule has 0 aromatic heterocycles. The van der Waals surface area contributed by atoms with Crippen LogP contribution in [0.3, 0.4) is 0 Å². The fourth-order valence-electron chi connectivity index (χ4n) is 2.71. The molecule has 0 aromatic carbocycles. The highest BCUT2D eigenvalue weighted by molar-refractivity contribution is 5.67. The minimum atomic E-state index is -0.736. The number of hydrogen-bond donors (Lipinski definition) is 1. The van der Waals surface area contributed by atoms with Crippen LogP contribution in [-0.4, -0.2) is 97.9 Å². The Kier molecular flexibility index (Phi) is 5.57. The smallest absolute Gasteiger partial charge is 0.305 e. The second kappa shape index (κ2) is 7.19. The predicted octanol–water partition coefficient (Wildman–Crippen LogP) is -0.591. The van der Waals surface area contributed by atoms with Crippen LogP contribution in [0.1, 0.15) is 6.42 Å². The molecule has 0 bridgehead atoms. The van der Waals surface area contributed by atoms with Crippen LogP contribution in [0, 0.1) is 0 Å². The molecule has 0 spiro atoms. The first kappa shape index (κ1) is 14.7. The van der Waals surface area contributed by atoms with Gasteiger partial charge in [0.2, 0.25) is 0 Å². The van der Waals surface area contributed by atoms with Crippen LogP contribution in [0.4, 0.5) is 0 Å². The number of carbonyl (C=O) groups is 1. The third-order valence-electron chi connectivity index (χ3n) is 4.06. The highest BCUT2D eigenvalue weighted by Gasteiger charge is 2.25. The number of rotatable bonds is 5. The summed E-state index contributed by atoms with van der Waals surface area (Å²) in [5.74, 6) is -0.736. The van der Waals surface area contributed by atoms with Gasteiger partial charge in [-0.2, -0.15) is 0 Å². The van der Waals surface area contributed by atoms with Crippen molar-refractivity contribution in [2.24, 2.45) is 0 Å². The Bertz CT molecular complexity index is 293. The van der Waals surface area contributed by atoms with Crippen molar-refractivity contribution in [2.45, 2.75) is 12.5 Å². The number of aliphatic carboxylic acids is 1. The molecule has 6 nitrogen and oxygen atoms in total. The van der Waals surface area contributed by atoms with E-state index in [1.54, 1.807) is 0 Å². The van der Waals surface area contributed by atoms with Crippen molar-refractivity contribution in [3.8, 4) is 0 Å². The first-order valence-electron chi connectivity index (χ1n) is 7.09. The van der Waals surface area contributed by atoms with E-state index in [4.69, 9.17) is 9.84 Å². The average molecular weight is 271 g/mol. The minimum absolute atomic E-state index is 0.0405. The lowest BCUT2D eigenvalue weighted by Crippen LogP contribution is -2.51. The zero-order valence-corrected chi connectivity index (χ0v) is 11.8. The predicted molar refractivity (Wildman–Crippen MR) is 72.4 cm³/mol. The third kappa shape index (κ3) is 4.72. The van der Waals surface area contributed by atoms with Crippen LogP contribution in [-0.2, 0) is 9.53 Å². The maximum absolute atomic E-state index is 10.9. The van der Waals surface area contributed by atoms with Crippen molar-refractivity contribution >= 4 is 5.97 Å². The van der Waals surface area contributed by atoms with Gasteiger partial charge in [-0.15, -0.1) is 0 Å². The zero-order valence-electron chi connectivity index (χ0n) is 11.8. The van der Waals surface area contributed by atoms with E-state index in [1.807, 2.05) is 0 Å². The molecule has 110 valence electrons. The first-order valence-corrected chi connectivity index (χ1v) is 7.09. The topological polar surface area (TPSA) is 56.2 Å². The van der Waals surface area contributed by atoms with Crippen LogP contribution in [0.5, 0.6) is 0 Å². The van der Waals surface area contributed by atoms with Gasteiger partial charge in [0.1, 0.15) is 0 Å². The zero-order chi connectivity index (χ0) is 13.7. The summed E-state index contributed by atoms with van der Waals surface area (Å²) >= 11 is 0. The summed E-state index contributed by atoms with van der Waals surface area (Å²) in [6.07, 6.45) is 0.183. The van der Waals surface area contributed by atoms with E-state index in [9.17, 15) is 4.79 Å². The largest absolute Gasteiger partial charge is 0.481 e. The van der Waals surface area contributed by atoms with Crippen LogP contribution in [0.25, 0.3) is 0 Å². The van der Waals surface area contributed by atoms with Crippen molar-refractivity contribution < 1.29 is 14.6 Å². The summed E-state index contributed by atoms with van der Waals surface area (Å²) in [5, 5.41) is 8.93. The molecule has 19 heavy (non-hydrogen) atoms. The summed E-state index contributed by atoms with van der Waals surface area (Å²) in [7, 11) is 2.15. The lowest BCUT2D eigenvalue weighted by atomic mass is 10.1. The van der Waals surface area contributed by atoms with Gasteiger partial charge in [0.15, 0.2) is 0 Å². The normalized spacial score (nSPS) is 27.5. The van der Waals surface area contributed by atoms with E-state index in [0.29, 0.717) is 6.61 Å². The molecule has 1 unspecified atom stereocenters. The highest BCUT2D eigenvalue weighted by atomic mass is 16.5. The van der Waals surface area contributed by atoms with Gasteiger partial charge in [0.25, 0.3) is 0 Å². The molecule has 1 N–H and O–H groups in total. The molecule has 2 saturated heterocycles. The van der Waals surface area contributed by atoms with Crippen molar-refractivity contribution in [3.05, 3.63) is 0 Å². The molecular weight excluding hydrogens is 246 g/mol. The third-order valence-corrected chi connectivity index (χ3v) is 4.06. The Morgan fingerprint density at radius 2 is 1.95 bits per heavy atom. The maximum Gasteiger partial charge on any atom is 0.305 e. The second-order valence-corrected chi connectivity index (χ2v) is 5.51. The Hall–Kier alpha value is -0.690. The Morgan fingerprint density at radius 3 is 2.63 bits per heavy atom. The number of hydrogen-bond acceptors (Lipinski definition) is 5. The highest BCUT2D eigenvalue weighted by Crippen LogP contribution is 2.11. The first-order chi connectivity index (χ1) is 9.15. The van der Waals surface area contributed by atoms with Gasteiger partial charge >= 0.3 is 5.97 Å². The van der Waals surface area contributed by atoms with Crippen molar-refractivity contribution in [2.75, 3.05) is 66.1 Å². The van der Waals surface area contributed by atoms with Crippen molar-refractivity contribution in [1.82, 2.24) is 14.7 Å². The van der Waals surface area contributed by atoms with Gasteiger partial charge in [-0.05, 0) is 7.05 Å². The number of ether oxygens (including phenoxy) is 1. The molecule has 2 rings (SSSR count). The number of morpholine rings is 1. The van der Waals surface area contributed by atoms with Gasteiger partial charge in [-0.3, -0.25) is 14.6 Å². The SMILES string of the molecule is CN1CCN(CCN2CCOCC2CC(=O)O)CC1. The van der Waals surface area contributed by atoms with Crippen LogP contribution in [0.2, 0.25) is 0 Å². The summed E-state index contributed by atoms with van der Waals surface area (Å²) in [5.41, 5.74) is 0. The number of nitrogens with zero attached hydrogens (tertiary/aromatic N) is 3. The monoisotopic (exact) mass is 271 g/mol. The molecule has 0 amide bonds. The fraction of sp³-hybridized carbons (Fsp3) is 0.923. The molecular formula is C13H25N3O3. The molecule has 6 heteroatoms. The van der Waals surface area contributed by atoms with E-state index in [0.717, 1.165) is 52.4 Å². The lowest BCUT2D eigenvalue weighted by molar-refractivity contribution is -0.140. The fourth-order valence-corrected chi connectivity index (χ4v) is 2.71.